The smallest absolute Gasteiger partial charge is 0.274 e. The normalized spacial score (nSPS) is 10.7. The van der Waals surface area contributed by atoms with Gasteiger partial charge >= 0.3 is 0 Å². The lowest BCUT2D eigenvalue weighted by molar-refractivity contribution is -0.384. The van der Waals surface area contributed by atoms with Gasteiger partial charge in [-0.2, -0.15) is 0 Å². The zero-order valence-electron chi connectivity index (χ0n) is 14.0. The Morgan fingerprint density at radius 2 is 2.19 bits per heavy atom. The fourth-order valence-electron chi connectivity index (χ4n) is 2.64. The number of nitrogens with zero attached hydrogens (tertiary/aromatic N) is 3. The largest absolute Gasteiger partial charge is 0.493 e. The van der Waals surface area contributed by atoms with E-state index in [0.29, 0.717) is 29.2 Å². The summed E-state index contributed by atoms with van der Waals surface area (Å²) in [6.45, 7) is 1.89. The molecular weight excluding hydrogens is 360 g/mol. The predicted molar refractivity (Wildman–Crippen MR) is 97.2 cm³/mol. The van der Waals surface area contributed by atoms with E-state index in [1.54, 1.807) is 22.7 Å². The molecule has 1 aromatic carbocycles. The first kappa shape index (κ1) is 17.7. The summed E-state index contributed by atoms with van der Waals surface area (Å²) in [6.07, 6.45) is 2.26. The van der Waals surface area contributed by atoms with Gasteiger partial charge in [-0.05, 0) is 24.6 Å². The van der Waals surface area contributed by atoms with Crippen LogP contribution in [0.1, 0.15) is 23.1 Å². The average Bonchev–Trinajstić information content (AvgIpc) is 3.01. The summed E-state index contributed by atoms with van der Waals surface area (Å²) in [4.78, 5) is 27.6. The van der Waals surface area contributed by atoms with E-state index in [9.17, 15) is 14.9 Å². The van der Waals surface area contributed by atoms with E-state index >= 15 is 0 Å². The van der Waals surface area contributed by atoms with Crippen molar-refractivity contribution in [3.05, 3.63) is 63.1 Å². The molecule has 0 radical (unpaired) electrons. The van der Waals surface area contributed by atoms with Gasteiger partial charge in [0, 0.05) is 18.3 Å². The van der Waals surface area contributed by atoms with Crippen LogP contribution in [0.5, 0.6) is 5.75 Å². The number of imidazole rings is 1. The molecule has 3 aromatic rings. The highest BCUT2D eigenvalue weighted by Gasteiger charge is 2.21. The van der Waals surface area contributed by atoms with Crippen molar-refractivity contribution < 1.29 is 14.5 Å². The molecule has 0 atom stereocenters. The van der Waals surface area contributed by atoms with Crippen LogP contribution < -0.4 is 10.1 Å². The molecule has 9 heteroatoms. The van der Waals surface area contributed by atoms with Crippen molar-refractivity contribution in [2.45, 2.75) is 13.3 Å². The van der Waals surface area contributed by atoms with Crippen LogP contribution in [0.15, 0.2) is 36.5 Å². The van der Waals surface area contributed by atoms with Gasteiger partial charge in [-0.25, -0.2) is 4.98 Å². The number of non-ortho nitro benzene ring substituents is 1. The highest BCUT2D eigenvalue weighted by atomic mass is 35.5. The Balaban J connectivity index is 2.02. The predicted octanol–water partition coefficient (Wildman–Crippen LogP) is 3.72. The van der Waals surface area contributed by atoms with Crippen LogP contribution in [0.25, 0.3) is 5.65 Å². The van der Waals surface area contributed by atoms with Gasteiger partial charge < -0.3 is 10.1 Å². The summed E-state index contributed by atoms with van der Waals surface area (Å²) in [5.41, 5.74) is 1.62. The minimum atomic E-state index is -0.552. The fourth-order valence-corrected chi connectivity index (χ4v) is 2.86. The number of anilines is 1. The first-order chi connectivity index (χ1) is 12.5. The van der Waals surface area contributed by atoms with E-state index in [1.165, 1.54) is 25.3 Å². The van der Waals surface area contributed by atoms with E-state index in [-0.39, 0.29) is 16.4 Å². The molecule has 1 amide bonds. The van der Waals surface area contributed by atoms with E-state index in [0.717, 1.165) is 0 Å². The molecule has 0 fully saturated rings. The number of amides is 1. The number of ether oxygens (including phenoxy) is 1. The Morgan fingerprint density at radius 3 is 2.81 bits per heavy atom. The molecule has 0 saturated carbocycles. The molecule has 26 heavy (non-hydrogen) atoms. The van der Waals surface area contributed by atoms with Gasteiger partial charge in [-0.15, -0.1) is 0 Å². The Labute approximate surface area is 153 Å². The number of rotatable bonds is 5. The quantitative estimate of drug-likeness (QED) is 0.542. The van der Waals surface area contributed by atoms with E-state index in [1.807, 2.05) is 6.92 Å². The number of carbonyl (C=O) groups is 1. The third-order valence-corrected chi connectivity index (χ3v) is 4.18. The Morgan fingerprint density at radius 1 is 1.42 bits per heavy atom. The van der Waals surface area contributed by atoms with Crippen LogP contribution in [0, 0.1) is 10.1 Å². The van der Waals surface area contributed by atoms with Crippen LogP contribution in [-0.4, -0.2) is 27.3 Å². The maximum absolute atomic E-state index is 12.8. The van der Waals surface area contributed by atoms with Gasteiger partial charge in [-0.1, -0.05) is 18.5 Å². The van der Waals surface area contributed by atoms with Gasteiger partial charge in [0.15, 0.2) is 11.4 Å². The number of halogens is 1. The number of benzene rings is 1. The second-order valence-electron chi connectivity index (χ2n) is 5.41. The van der Waals surface area contributed by atoms with Crippen LogP contribution in [0.4, 0.5) is 11.4 Å². The number of nitrogens with one attached hydrogen (secondary N) is 1. The first-order valence-corrected chi connectivity index (χ1v) is 8.13. The molecule has 0 unspecified atom stereocenters. The molecule has 0 saturated heterocycles. The van der Waals surface area contributed by atoms with Crippen molar-refractivity contribution in [1.29, 1.82) is 0 Å². The number of aromatic nitrogens is 2. The van der Waals surface area contributed by atoms with Crippen molar-refractivity contribution in [3.63, 3.8) is 0 Å². The number of pyridine rings is 1. The van der Waals surface area contributed by atoms with Crippen molar-refractivity contribution >= 4 is 34.5 Å². The number of hydrogen-bond donors (Lipinski definition) is 1. The number of hydrogen-bond acceptors (Lipinski definition) is 5. The van der Waals surface area contributed by atoms with Gasteiger partial charge in [0.1, 0.15) is 5.69 Å². The second kappa shape index (κ2) is 7.01. The lowest BCUT2D eigenvalue weighted by atomic mass is 10.2. The topological polar surface area (TPSA) is 98.8 Å². The molecular formula is C17H15ClN4O4. The van der Waals surface area contributed by atoms with Crippen LogP contribution >= 0.6 is 11.6 Å². The molecule has 0 spiro atoms. The molecule has 0 aliphatic heterocycles. The Hall–Kier alpha value is -3.13. The zero-order chi connectivity index (χ0) is 18.8. The maximum Gasteiger partial charge on any atom is 0.274 e. The molecule has 2 aromatic heterocycles. The van der Waals surface area contributed by atoms with Crippen molar-refractivity contribution in [2.75, 3.05) is 12.4 Å². The second-order valence-corrected chi connectivity index (χ2v) is 5.81. The number of carbonyl (C=O) groups excluding carboxylic acids is 1. The van der Waals surface area contributed by atoms with Crippen molar-refractivity contribution in [3.8, 4) is 5.75 Å². The van der Waals surface area contributed by atoms with Crippen LogP contribution in [0.3, 0.4) is 0 Å². The number of nitro benzene ring substituents is 1. The molecule has 0 bridgehead atoms. The van der Waals surface area contributed by atoms with Crippen LogP contribution in [-0.2, 0) is 6.42 Å². The molecule has 0 aliphatic carbocycles. The standard InChI is InChI=1S/C17H15ClN4O4/c1-3-12-15(21-8-4-5-14(26-2)16(21)19-12)17(23)20-13-7-6-10(22(24)25)9-11(13)18/h4-9H,3H2,1-2H3,(H,20,23). The summed E-state index contributed by atoms with van der Waals surface area (Å²) < 4.78 is 6.94. The number of fused-ring (bicyclic) bond motifs is 1. The molecule has 3 rings (SSSR count). The monoisotopic (exact) mass is 374 g/mol. The molecule has 2 heterocycles. The summed E-state index contributed by atoms with van der Waals surface area (Å²) in [6, 6.07) is 7.38. The van der Waals surface area contributed by atoms with Gasteiger partial charge in [0.05, 0.1) is 28.4 Å². The minimum absolute atomic E-state index is 0.0806. The van der Waals surface area contributed by atoms with Crippen LogP contribution in [0.2, 0.25) is 5.02 Å². The Bertz CT molecular complexity index is 1020. The fraction of sp³-hybridized carbons (Fsp3) is 0.176. The lowest BCUT2D eigenvalue weighted by Crippen LogP contribution is -2.16. The summed E-state index contributed by atoms with van der Waals surface area (Å²) in [7, 11) is 1.53. The zero-order valence-corrected chi connectivity index (χ0v) is 14.8. The Kier molecular flexibility index (Phi) is 4.77. The number of aryl methyl sites for hydroxylation is 1. The summed E-state index contributed by atoms with van der Waals surface area (Å²) in [5.74, 6) is 0.132. The number of methoxy groups -OCH3 is 1. The summed E-state index contributed by atoms with van der Waals surface area (Å²) in [5, 5.41) is 13.6. The SMILES string of the molecule is CCc1nc2c(OC)cccn2c1C(=O)Nc1ccc([N+](=O)[O-])cc1Cl. The molecule has 1 N–H and O–H groups in total. The first-order valence-electron chi connectivity index (χ1n) is 7.75. The van der Waals surface area contributed by atoms with Gasteiger partial charge in [0.25, 0.3) is 11.6 Å². The third kappa shape index (κ3) is 3.06. The highest BCUT2D eigenvalue weighted by Crippen LogP contribution is 2.28. The van der Waals surface area contributed by atoms with E-state index < -0.39 is 10.8 Å². The van der Waals surface area contributed by atoms with E-state index in [2.05, 4.69) is 10.3 Å². The molecule has 134 valence electrons. The summed E-state index contributed by atoms with van der Waals surface area (Å²) >= 11 is 6.06. The minimum Gasteiger partial charge on any atom is -0.493 e. The van der Waals surface area contributed by atoms with Crippen molar-refractivity contribution in [2.24, 2.45) is 0 Å². The highest BCUT2D eigenvalue weighted by molar-refractivity contribution is 6.34. The third-order valence-electron chi connectivity index (χ3n) is 3.87. The van der Waals surface area contributed by atoms with Crippen molar-refractivity contribution in [1.82, 2.24) is 9.38 Å². The van der Waals surface area contributed by atoms with E-state index in [4.69, 9.17) is 16.3 Å². The lowest BCUT2D eigenvalue weighted by Gasteiger charge is -2.08. The maximum atomic E-state index is 12.8. The molecule has 0 aliphatic rings. The number of nitro groups is 1. The average molecular weight is 375 g/mol. The van der Waals surface area contributed by atoms with Gasteiger partial charge in [0.2, 0.25) is 0 Å². The molecule has 8 nitrogen and oxygen atoms in total. The van der Waals surface area contributed by atoms with Gasteiger partial charge in [-0.3, -0.25) is 19.3 Å².